The van der Waals surface area contributed by atoms with E-state index in [1.54, 1.807) is 18.3 Å². The Morgan fingerprint density at radius 3 is 2.71 bits per heavy atom. The lowest BCUT2D eigenvalue weighted by atomic mass is 9.93. The van der Waals surface area contributed by atoms with Gasteiger partial charge in [0.2, 0.25) is 0 Å². The average Bonchev–Trinajstić information content (AvgIpc) is 2.47. The Hall–Kier alpha value is -1.74. The molecule has 0 saturated carbocycles. The van der Waals surface area contributed by atoms with Crippen LogP contribution in [0.15, 0.2) is 36.7 Å². The second kappa shape index (κ2) is 7.32. The fourth-order valence-electron chi connectivity index (χ4n) is 2.64. The normalized spacial score (nSPS) is 12.4. The summed E-state index contributed by atoms with van der Waals surface area (Å²) in [4.78, 5) is 4.21. The van der Waals surface area contributed by atoms with Crippen molar-refractivity contribution in [1.82, 2.24) is 10.3 Å². The van der Waals surface area contributed by atoms with Gasteiger partial charge in [0.1, 0.15) is 5.82 Å². The Kier molecular flexibility index (Phi) is 5.45. The molecular weight excluding hydrogens is 263 g/mol. The Bertz CT molecular complexity index is 575. The zero-order valence-electron chi connectivity index (χ0n) is 13.0. The molecule has 1 heterocycles. The maximum absolute atomic E-state index is 13.8. The summed E-state index contributed by atoms with van der Waals surface area (Å²) < 4.78 is 13.8. The van der Waals surface area contributed by atoms with Gasteiger partial charge in [0.15, 0.2) is 0 Å². The monoisotopic (exact) mass is 286 g/mol. The van der Waals surface area contributed by atoms with Crippen LogP contribution in [0.5, 0.6) is 0 Å². The molecule has 1 N–H and O–H groups in total. The van der Waals surface area contributed by atoms with E-state index in [4.69, 9.17) is 0 Å². The Morgan fingerprint density at radius 1 is 1.24 bits per heavy atom. The van der Waals surface area contributed by atoms with Crippen LogP contribution in [0.1, 0.15) is 48.6 Å². The molecule has 2 nitrogen and oxygen atoms in total. The van der Waals surface area contributed by atoms with E-state index in [9.17, 15) is 4.39 Å². The number of hydrogen-bond donors (Lipinski definition) is 1. The first-order valence-corrected chi connectivity index (χ1v) is 7.59. The zero-order valence-corrected chi connectivity index (χ0v) is 13.0. The molecule has 0 spiro atoms. The molecule has 0 aliphatic carbocycles. The molecule has 112 valence electrons. The number of pyridine rings is 1. The predicted molar refractivity (Wildman–Crippen MR) is 84.9 cm³/mol. The average molecular weight is 286 g/mol. The van der Waals surface area contributed by atoms with Crippen molar-refractivity contribution in [1.29, 1.82) is 0 Å². The van der Waals surface area contributed by atoms with Crippen LogP contribution in [0.3, 0.4) is 0 Å². The number of nitrogens with zero attached hydrogens (tertiary/aromatic N) is 1. The topological polar surface area (TPSA) is 24.9 Å². The SMILES string of the molecule is CCCNC(c1cc(C)cc(F)c1)c1ccncc1CC. The van der Waals surface area contributed by atoms with Gasteiger partial charge in [-0.15, -0.1) is 0 Å². The Labute approximate surface area is 126 Å². The molecular formula is C18H23FN2. The molecule has 3 heteroatoms. The highest BCUT2D eigenvalue weighted by Gasteiger charge is 2.17. The van der Waals surface area contributed by atoms with Crippen molar-refractivity contribution in [3.63, 3.8) is 0 Å². The van der Waals surface area contributed by atoms with E-state index in [-0.39, 0.29) is 11.9 Å². The van der Waals surface area contributed by atoms with Crippen LogP contribution < -0.4 is 5.32 Å². The maximum atomic E-state index is 13.8. The summed E-state index contributed by atoms with van der Waals surface area (Å²) in [6.45, 7) is 7.07. The summed E-state index contributed by atoms with van der Waals surface area (Å²) in [5, 5.41) is 3.54. The highest BCUT2D eigenvalue weighted by atomic mass is 19.1. The third-order valence-electron chi connectivity index (χ3n) is 3.63. The van der Waals surface area contributed by atoms with Gasteiger partial charge in [0.25, 0.3) is 0 Å². The van der Waals surface area contributed by atoms with Gasteiger partial charge in [-0.1, -0.05) is 19.9 Å². The number of rotatable bonds is 6. The second-order valence-corrected chi connectivity index (χ2v) is 5.38. The van der Waals surface area contributed by atoms with E-state index < -0.39 is 0 Å². The Morgan fingerprint density at radius 2 is 2.05 bits per heavy atom. The van der Waals surface area contributed by atoms with Gasteiger partial charge in [-0.3, -0.25) is 4.98 Å². The van der Waals surface area contributed by atoms with Crippen LogP contribution >= 0.6 is 0 Å². The lowest BCUT2D eigenvalue weighted by Gasteiger charge is -2.22. The van der Waals surface area contributed by atoms with Crippen molar-refractivity contribution in [2.75, 3.05) is 6.54 Å². The van der Waals surface area contributed by atoms with Crippen LogP contribution in [0.4, 0.5) is 4.39 Å². The molecule has 1 atom stereocenters. The van der Waals surface area contributed by atoms with Gasteiger partial charge >= 0.3 is 0 Å². The molecule has 1 aromatic carbocycles. The summed E-state index contributed by atoms with van der Waals surface area (Å²) >= 11 is 0. The van der Waals surface area contributed by atoms with Crippen LogP contribution in [-0.2, 0) is 6.42 Å². The van der Waals surface area contributed by atoms with Gasteiger partial charge in [0.05, 0.1) is 6.04 Å². The first-order chi connectivity index (χ1) is 10.2. The smallest absolute Gasteiger partial charge is 0.123 e. The second-order valence-electron chi connectivity index (χ2n) is 5.38. The molecule has 0 fully saturated rings. The number of nitrogens with one attached hydrogen (secondary N) is 1. The summed E-state index contributed by atoms with van der Waals surface area (Å²) in [6, 6.07) is 7.29. The molecule has 0 saturated heterocycles. The molecule has 2 aromatic rings. The molecule has 0 amide bonds. The number of benzene rings is 1. The minimum absolute atomic E-state index is 0.0114. The van der Waals surface area contributed by atoms with Crippen LogP contribution in [0.25, 0.3) is 0 Å². The Balaban J connectivity index is 2.46. The number of hydrogen-bond acceptors (Lipinski definition) is 2. The highest BCUT2D eigenvalue weighted by molar-refractivity contribution is 5.37. The zero-order chi connectivity index (χ0) is 15.2. The van der Waals surface area contributed by atoms with Gasteiger partial charge < -0.3 is 5.32 Å². The maximum Gasteiger partial charge on any atom is 0.123 e. The highest BCUT2D eigenvalue weighted by Crippen LogP contribution is 2.26. The molecule has 0 aliphatic rings. The van der Waals surface area contributed by atoms with E-state index in [0.29, 0.717) is 0 Å². The number of aryl methyl sites for hydroxylation is 2. The summed E-state index contributed by atoms with van der Waals surface area (Å²) in [5.41, 5.74) is 4.31. The molecule has 1 unspecified atom stereocenters. The van der Waals surface area contributed by atoms with Gasteiger partial charge in [-0.05, 0) is 66.8 Å². The largest absolute Gasteiger partial charge is 0.306 e. The van der Waals surface area contributed by atoms with Crippen molar-refractivity contribution < 1.29 is 4.39 Å². The third-order valence-corrected chi connectivity index (χ3v) is 3.63. The first kappa shape index (κ1) is 15.6. The van der Waals surface area contributed by atoms with E-state index in [2.05, 4.69) is 30.2 Å². The molecule has 2 rings (SSSR count). The summed E-state index contributed by atoms with van der Waals surface area (Å²) in [5.74, 6) is -0.180. The molecule has 0 aliphatic heterocycles. The quantitative estimate of drug-likeness (QED) is 0.861. The minimum atomic E-state index is -0.180. The van der Waals surface area contributed by atoms with E-state index in [1.165, 1.54) is 11.1 Å². The van der Waals surface area contributed by atoms with E-state index in [0.717, 1.165) is 30.5 Å². The van der Waals surface area contributed by atoms with Crippen molar-refractivity contribution in [2.24, 2.45) is 0 Å². The number of aromatic nitrogens is 1. The molecule has 0 radical (unpaired) electrons. The lowest BCUT2D eigenvalue weighted by molar-refractivity contribution is 0.581. The molecule has 1 aromatic heterocycles. The van der Waals surface area contributed by atoms with Crippen LogP contribution in [0, 0.1) is 12.7 Å². The lowest BCUT2D eigenvalue weighted by Crippen LogP contribution is -2.24. The van der Waals surface area contributed by atoms with Crippen LogP contribution in [-0.4, -0.2) is 11.5 Å². The van der Waals surface area contributed by atoms with Crippen molar-refractivity contribution in [3.8, 4) is 0 Å². The predicted octanol–water partition coefficient (Wildman–Crippen LogP) is 4.18. The van der Waals surface area contributed by atoms with Gasteiger partial charge in [0, 0.05) is 12.4 Å². The fourth-order valence-corrected chi connectivity index (χ4v) is 2.64. The van der Waals surface area contributed by atoms with E-state index >= 15 is 0 Å². The fraction of sp³-hybridized carbons (Fsp3) is 0.389. The number of halogens is 1. The standard InChI is InChI=1S/C18H23FN2/c1-4-7-21-18(15-9-13(3)10-16(19)11-15)17-6-8-20-12-14(17)5-2/h6,8-12,18,21H,4-5,7H2,1-3H3. The van der Waals surface area contributed by atoms with E-state index in [1.807, 2.05) is 19.2 Å². The molecule has 21 heavy (non-hydrogen) atoms. The minimum Gasteiger partial charge on any atom is -0.306 e. The third kappa shape index (κ3) is 3.88. The van der Waals surface area contributed by atoms with Crippen molar-refractivity contribution in [3.05, 3.63) is 64.7 Å². The molecule has 0 bridgehead atoms. The first-order valence-electron chi connectivity index (χ1n) is 7.59. The van der Waals surface area contributed by atoms with Gasteiger partial charge in [-0.25, -0.2) is 4.39 Å². The van der Waals surface area contributed by atoms with Gasteiger partial charge in [-0.2, -0.15) is 0 Å². The van der Waals surface area contributed by atoms with Crippen LogP contribution in [0.2, 0.25) is 0 Å². The van der Waals surface area contributed by atoms with Crippen molar-refractivity contribution >= 4 is 0 Å². The van der Waals surface area contributed by atoms with Crippen molar-refractivity contribution in [2.45, 2.75) is 39.7 Å². The summed E-state index contributed by atoms with van der Waals surface area (Å²) in [6.07, 6.45) is 5.67. The summed E-state index contributed by atoms with van der Waals surface area (Å²) in [7, 11) is 0.